The largest absolute Gasteiger partial charge is 0.459 e. The molecule has 0 saturated carbocycles. The molecule has 3 heterocycles. The van der Waals surface area contributed by atoms with Gasteiger partial charge in [0.25, 0.3) is 5.91 Å². The third kappa shape index (κ3) is 3.94. The molecule has 1 fully saturated rings. The second kappa shape index (κ2) is 7.48. The number of urea groups is 1. The fourth-order valence-electron chi connectivity index (χ4n) is 2.67. The number of hydrogen-bond acceptors (Lipinski definition) is 5. The van der Waals surface area contributed by atoms with Crippen molar-refractivity contribution >= 4 is 23.3 Å². The summed E-state index contributed by atoms with van der Waals surface area (Å²) in [5.41, 5.74) is 0. The van der Waals surface area contributed by atoms with E-state index in [1.165, 1.54) is 17.6 Å². The minimum Gasteiger partial charge on any atom is -0.459 e. The summed E-state index contributed by atoms with van der Waals surface area (Å²) in [4.78, 5) is 32.0. The predicted molar refractivity (Wildman–Crippen MR) is 89.7 cm³/mol. The molecule has 1 aliphatic rings. The van der Waals surface area contributed by atoms with Crippen molar-refractivity contribution in [2.45, 2.75) is 25.4 Å². The summed E-state index contributed by atoms with van der Waals surface area (Å²) < 4.78 is 5.15. The molecule has 0 radical (unpaired) electrons. The molecule has 7 nitrogen and oxygen atoms in total. The highest BCUT2D eigenvalue weighted by Gasteiger charge is 2.26. The van der Waals surface area contributed by atoms with Gasteiger partial charge in [0.15, 0.2) is 5.76 Å². The van der Waals surface area contributed by atoms with Crippen LogP contribution in [0.1, 0.15) is 28.4 Å². The first-order valence-electron chi connectivity index (χ1n) is 7.86. The highest BCUT2D eigenvalue weighted by atomic mass is 32.1. The van der Waals surface area contributed by atoms with Gasteiger partial charge in [-0.2, -0.15) is 0 Å². The molecular formula is C16H20N4O3S. The Balaban J connectivity index is 1.45. The average Bonchev–Trinajstić information content (AvgIpc) is 3.28. The molecule has 128 valence electrons. The number of carbonyl (C=O) groups is 2. The van der Waals surface area contributed by atoms with Crippen LogP contribution in [0, 0.1) is 0 Å². The van der Waals surface area contributed by atoms with Crippen LogP contribution in [-0.4, -0.2) is 52.9 Å². The van der Waals surface area contributed by atoms with E-state index in [0.29, 0.717) is 25.4 Å². The zero-order chi connectivity index (χ0) is 16.9. The molecule has 0 bridgehead atoms. The van der Waals surface area contributed by atoms with Gasteiger partial charge in [-0.15, -0.1) is 11.3 Å². The van der Waals surface area contributed by atoms with Gasteiger partial charge in [-0.05, 0) is 25.0 Å². The molecule has 0 spiro atoms. The van der Waals surface area contributed by atoms with Gasteiger partial charge in [0.05, 0.1) is 12.8 Å². The van der Waals surface area contributed by atoms with E-state index in [-0.39, 0.29) is 18.0 Å². The summed E-state index contributed by atoms with van der Waals surface area (Å²) in [7, 11) is 1.76. The Morgan fingerprint density at radius 2 is 2.25 bits per heavy atom. The monoisotopic (exact) mass is 348 g/mol. The van der Waals surface area contributed by atoms with E-state index in [9.17, 15) is 9.59 Å². The van der Waals surface area contributed by atoms with E-state index in [0.717, 1.165) is 17.8 Å². The first-order valence-corrected chi connectivity index (χ1v) is 8.74. The maximum absolute atomic E-state index is 12.2. The quantitative estimate of drug-likeness (QED) is 0.918. The average molecular weight is 348 g/mol. The normalized spacial score (nSPS) is 15.3. The van der Waals surface area contributed by atoms with Crippen molar-refractivity contribution in [3.63, 3.8) is 0 Å². The Labute approximate surface area is 144 Å². The molecule has 0 aromatic carbocycles. The van der Waals surface area contributed by atoms with Crippen LogP contribution in [0.4, 0.5) is 4.79 Å². The molecule has 0 atom stereocenters. The molecule has 0 aliphatic carbocycles. The van der Waals surface area contributed by atoms with E-state index in [1.807, 2.05) is 5.38 Å². The summed E-state index contributed by atoms with van der Waals surface area (Å²) in [6, 6.07) is 3.35. The van der Waals surface area contributed by atoms with Crippen LogP contribution >= 0.6 is 11.3 Å². The SMILES string of the molecule is CN(Cc1nccs1)C(=O)NC1CCN(C(=O)c2ccco2)CC1. The molecule has 3 amide bonds. The highest BCUT2D eigenvalue weighted by Crippen LogP contribution is 2.15. The van der Waals surface area contributed by atoms with E-state index in [2.05, 4.69) is 10.3 Å². The number of hydrogen-bond donors (Lipinski definition) is 1. The van der Waals surface area contributed by atoms with Crippen LogP contribution in [0.2, 0.25) is 0 Å². The molecule has 0 unspecified atom stereocenters. The van der Waals surface area contributed by atoms with Gasteiger partial charge in [-0.1, -0.05) is 0 Å². The molecule has 2 aromatic rings. The van der Waals surface area contributed by atoms with Crippen molar-refractivity contribution in [3.8, 4) is 0 Å². The molecule has 2 aromatic heterocycles. The van der Waals surface area contributed by atoms with Crippen LogP contribution in [0.15, 0.2) is 34.4 Å². The summed E-state index contributed by atoms with van der Waals surface area (Å²) >= 11 is 1.53. The standard InChI is InChI=1S/C16H20N4O3S/c1-19(11-14-17-6-10-24-14)16(22)18-12-4-7-20(8-5-12)15(21)13-3-2-9-23-13/h2-3,6,9-10,12H,4-5,7-8,11H2,1H3,(H,18,22). The molecule has 1 saturated heterocycles. The van der Waals surface area contributed by atoms with Gasteiger partial charge < -0.3 is 19.5 Å². The third-order valence-electron chi connectivity index (χ3n) is 4.04. The minimum atomic E-state index is -0.110. The van der Waals surface area contributed by atoms with E-state index < -0.39 is 0 Å². The van der Waals surface area contributed by atoms with E-state index in [4.69, 9.17) is 4.42 Å². The Morgan fingerprint density at radius 1 is 1.46 bits per heavy atom. The Hall–Kier alpha value is -2.35. The first-order chi connectivity index (χ1) is 11.6. The molecule has 3 rings (SSSR count). The van der Waals surface area contributed by atoms with Crippen molar-refractivity contribution in [2.24, 2.45) is 0 Å². The van der Waals surface area contributed by atoms with Crippen LogP contribution in [0.25, 0.3) is 0 Å². The van der Waals surface area contributed by atoms with Gasteiger partial charge in [-0.25, -0.2) is 9.78 Å². The van der Waals surface area contributed by atoms with Crippen molar-refractivity contribution in [1.82, 2.24) is 20.1 Å². The van der Waals surface area contributed by atoms with Gasteiger partial charge in [0.1, 0.15) is 5.01 Å². The molecule has 8 heteroatoms. The molecule has 1 aliphatic heterocycles. The number of nitrogens with zero attached hydrogens (tertiary/aromatic N) is 3. The smallest absolute Gasteiger partial charge is 0.317 e. The maximum atomic E-state index is 12.2. The van der Waals surface area contributed by atoms with E-state index >= 15 is 0 Å². The van der Waals surface area contributed by atoms with Gasteiger partial charge in [0, 0.05) is 37.8 Å². The number of thiazole rings is 1. The van der Waals surface area contributed by atoms with Gasteiger partial charge >= 0.3 is 6.03 Å². The Morgan fingerprint density at radius 3 is 2.88 bits per heavy atom. The zero-order valence-electron chi connectivity index (χ0n) is 13.5. The lowest BCUT2D eigenvalue weighted by Crippen LogP contribution is -2.49. The molecular weight excluding hydrogens is 328 g/mol. The lowest BCUT2D eigenvalue weighted by molar-refractivity contribution is 0.0674. The fourth-order valence-corrected chi connectivity index (χ4v) is 3.34. The topological polar surface area (TPSA) is 78.7 Å². The van der Waals surface area contributed by atoms with Gasteiger partial charge in [0.2, 0.25) is 0 Å². The molecule has 1 N–H and O–H groups in total. The van der Waals surface area contributed by atoms with Crippen molar-refractivity contribution in [1.29, 1.82) is 0 Å². The van der Waals surface area contributed by atoms with Crippen molar-refractivity contribution in [3.05, 3.63) is 40.7 Å². The number of piperidine rings is 1. The minimum absolute atomic E-state index is 0.0805. The number of carbonyl (C=O) groups excluding carboxylic acids is 2. The maximum Gasteiger partial charge on any atom is 0.317 e. The van der Waals surface area contributed by atoms with Crippen LogP contribution in [0.3, 0.4) is 0 Å². The summed E-state index contributed by atoms with van der Waals surface area (Å²) in [6.07, 6.45) is 4.71. The summed E-state index contributed by atoms with van der Waals surface area (Å²) in [5.74, 6) is 0.270. The van der Waals surface area contributed by atoms with E-state index in [1.54, 1.807) is 35.2 Å². The number of amides is 3. The number of furan rings is 1. The van der Waals surface area contributed by atoms with Gasteiger partial charge in [-0.3, -0.25) is 4.79 Å². The first kappa shape index (κ1) is 16.5. The number of likely N-dealkylation sites (tertiary alicyclic amines) is 1. The Kier molecular flexibility index (Phi) is 5.14. The molecule has 24 heavy (non-hydrogen) atoms. The predicted octanol–water partition coefficient (Wildman–Crippen LogP) is 2.18. The highest BCUT2D eigenvalue weighted by molar-refractivity contribution is 7.09. The van der Waals surface area contributed by atoms with Crippen molar-refractivity contribution < 1.29 is 14.0 Å². The summed E-state index contributed by atoms with van der Waals surface area (Å²) in [6.45, 7) is 1.72. The fraction of sp³-hybridized carbons (Fsp3) is 0.438. The lowest BCUT2D eigenvalue weighted by atomic mass is 10.0. The number of rotatable bonds is 4. The summed E-state index contributed by atoms with van der Waals surface area (Å²) in [5, 5.41) is 5.83. The van der Waals surface area contributed by atoms with Crippen LogP contribution in [0.5, 0.6) is 0 Å². The third-order valence-corrected chi connectivity index (χ3v) is 4.81. The van der Waals surface area contributed by atoms with Crippen LogP contribution < -0.4 is 5.32 Å². The number of aromatic nitrogens is 1. The second-order valence-electron chi connectivity index (χ2n) is 5.78. The number of nitrogens with one attached hydrogen (secondary N) is 1. The zero-order valence-corrected chi connectivity index (χ0v) is 14.3. The Bertz CT molecular complexity index is 664. The lowest BCUT2D eigenvalue weighted by Gasteiger charge is -2.32. The second-order valence-corrected chi connectivity index (χ2v) is 6.75. The van der Waals surface area contributed by atoms with Crippen molar-refractivity contribution in [2.75, 3.05) is 20.1 Å². The van der Waals surface area contributed by atoms with Crippen LogP contribution in [-0.2, 0) is 6.54 Å².